The van der Waals surface area contributed by atoms with Crippen molar-refractivity contribution in [3.63, 3.8) is 0 Å². The van der Waals surface area contributed by atoms with E-state index in [1.54, 1.807) is 18.2 Å². The molecule has 1 saturated heterocycles. The topological polar surface area (TPSA) is 29.5 Å². The molecule has 2 aliphatic rings. The summed E-state index contributed by atoms with van der Waals surface area (Å²) in [5.41, 5.74) is 0. The molecule has 1 amide bonds. The lowest BCUT2D eigenvalue weighted by Crippen LogP contribution is -2.45. The van der Waals surface area contributed by atoms with Gasteiger partial charge >= 0.3 is 0 Å². The van der Waals surface area contributed by atoms with Gasteiger partial charge in [-0.1, -0.05) is 18.6 Å². The number of halogens is 1. The Labute approximate surface area is 125 Å². The van der Waals surface area contributed by atoms with Crippen LogP contribution in [0.2, 0.25) is 0 Å². The second kappa shape index (κ2) is 6.46. The number of amides is 1. The summed E-state index contributed by atoms with van der Waals surface area (Å²) in [4.78, 5) is 14.3. The standard InChI is InChI=1S/C17H22FNO2/c18-15-8-1-2-9-16(15)21-12-13-5-4-10-19(11-13)17(20)14-6-3-7-14/h1-2,8-9,13-14H,3-7,10-12H2/t13-/m0/s1. The molecule has 0 N–H and O–H groups in total. The van der Waals surface area contributed by atoms with Gasteiger partial charge in [-0.25, -0.2) is 4.39 Å². The summed E-state index contributed by atoms with van der Waals surface area (Å²) in [6.45, 7) is 2.10. The molecular formula is C17H22FNO2. The van der Waals surface area contributed by atoms with Crippen LogP contribution in [-0.2, 0) is 4.79 Å². The Bertz CT molecular complexity index is 501. The average molecular weight is 291 g/mol. The van der Waals surface area contributed by atoms with Gasteiger partial charge in [-0.05, 0) is 37.8 Å². The monoisotopic (exact) mass is 291 g/mol. The van der Waals surface area contributed by atoms with Gasteiger partial charge in [0.05, 0.1) is 6.61 Å². The highest BCUT2D eigenvalue weighted by atomic mass is 19.1. The first kappa shape index (κ1) is 14.4. The maximum atomic E-state index is 13.5. The molecule has 1 aliphatic carbocycles. The molecule has 0 unspecified atom stereocenters. The van der Waals surface area contributed by atoms with Crippen molar-refractivity contribution in [2.45, 2.75) is 32.1 Å². The SMILES string of the molecule is O=C(C1CCC1)N1CCC[C@H](COc2ccccc2F)C1. The number of benzene rings is 1. The molecule has 3 nitrogen and oxygen atoms in total. The van der Waals surface area contributed by atoms with Crippen LogP contribution in [0.4, 0.5) is 4.39 Å². The third kappa shape index (κ3) is 3.36. The van der Waals surface area contributed by atoms with E-state index in [-0.39, 0.29) is 11.7 Å². The summed E-state index contributed by atoms with van der Waals surface area (Å²) < 4.78 is 19.1. The maximum absolute atomic E-state index is 13.5. The summed E-state index contributed by atoms with van der Waals surface area (Å²) in [6.07, 6.45) is 5.34. The molecule has 1 atom stereocenters. The van der Waals surface area contributed by atoms with Gasteiger partial charge in [0, 0.05) is 24.9 Å². The number of carbonyl (C=O) groups excluding carboxylic acids is 1. The molecule has 1 aromatic carbocycles. The van der Waals surface area contributed by atoms with Crippen LogP contribution in [0, 0.1) is 17.7 Å². The average Bonchev–Trinajstić information content (AvgIpc) is 2.45. The van der Waals surface area contributed by atoms with Crippen molar-refractivity contribution >= 4 is 5.91 Å². The zero-order valence-corrected chi connectivity index (χ0v) is 12.3. The van der Waals surface area contributed by atoms with E-state index >= 15 is 0 Å². The Morgan fingerprint density at radius 2 is 2.05 bits per heavy atom. The quantitative estimate of drug-likeness (QED) is 0.852. The van der Waals surface area contributed by atoms with Gasteiger partial charge in [-0.2, -0.15) is 0 Å². The Kier molecular flexibility index (Phi) is 4.42. The number of ether oxygens (including phenoxy) is 1. The summed E-state index contributed by atoms with van der Waals surface area (Å²) in [6, 6.07) is 6.48. The van der Waals surface area contributed by atoms with Gasteiger partial charge in [0.25, 0.3) is 0 Å². The van der Waals surface area contributed by atoms with Crippen LogP contribution >= 0.6 is 0 Å². The van der Waals surface area contributed by atoms with Crippen LogP contribution in [0.15, 0.2) is 24.3 Å². The minimum Gasteiger partial charge on any atom is -0.490 e. The molecule has 21 heavy (non-hydrogen) atoms. The minimum absolute atomic E-state index is 0.260. The van der Waals surface area contributed by atoms with E-state index < -0.39 is 0 Å². The predicted molar refractivity (Wildman–Crippen MR) is 78.5 cm³/mol. The molecule has 4 heteroatoms. The fourth-order valence-corrected chi connectivity index (χ4v) is 3.08. The van der Waals surface area contributed by atoms with E-state index in [2.05, 4.69) is 0 Å². The van der Waals surface area contributed by atoms with E-state index in [4.69, 9.17) is 4.74 Å². The summed E-state index contributed by atoms with van der Waals surface area (Å²) >= 11 is 0. The molecule has 3 rings (SSSR count). The molecule has 114 valence electrons. The number of nitrogens with zero attached hydrogens (tertiary/aromatic N) is 1. The number of likely N-dealkylation sites (tertiary alicyclic amines) is 1. The zero-order chi connectivity index (χ0) is 14.7. The molecule has 0 radical (unpaired) electrons. The normalized spacial score (nSPS) is 22.7. The summed E-state index contributed by atoms with van der Waals surface area (Å²) in [5.74, 6) is 0.867. The van der Waals surface area contributed by atoms with Gasteiger partial charge in [0.1, 0.15) is 0 Å². The second-order valence-electron chi connectivity index (χ2n) is 6.16. The third-order valence-electron chi connectivity index (χ3n) is 4.60. The van der Waals surface area contributed by atoms with Crippen LogP contribution < -0.4 is 4.74 Å². The Balaban J connectivity index is 1.51. The number of rotatable bonds is 4. The Morgan fingerprint density at radius 1 is 1.24 bits per heavy atom. The van der Waals surface area contributed by atoms with Crippen molar-refractivity contribution in [2.75, 3.05) is 19.7 Å². The van der Waals surface area contributed by atoms with Gasteiger partial charge in [0.15, 0.2) is 11.6 Å². The summed E-state index contributed by atoms with van der Waals surface area (Å²) in [5, 5.41) is 0. The highest BCUT2D eigenvalue weighted by Gasteiger charge is 2.32. The van der Waals surface area contributed by atoms with Crippen molar-refractivity contribution < 1.29 is 13.9 Å². The van der Waals surface area contributed by atoms with E-state index in [0.29, 0.717) is 24.2 Å². The van der Waals surface area contributed by atoms with Crippen molar-refractivity contribution in [3.05, 3.63) is 30.1 Å². The number of hydrogen-bond acceptors (Lipinski definition) is 2. The van der Waals surface area contributed by atoms with Crippen molar-refractivity contribution in [3.8, 4) is 5.75 Å². The van der Waals surface area contributed by atoms with Crippen molar-refractivity contribution in [1.82, 2.24) is 4.90 Å². The molecule has 0 bridgehead atoms. The number of carbonyl (C=O) groups is 1. The fraction of sp³-hybridized carbons (Fsp3) is 0.588. The first-order chi connectivity index (χ1) is 10.2. The lowest BCUT2D eigenvalue weighted by Gasteiger charge is -2.37. The van der Waals surface area contributed by atoms with Gasteiger partial charge in [-0.3, -0.25) is 4.79 Å². The van der Waals surface area contributed by atoms with Crippen LogP contribution in [-0.4, -0.2) is 30.5 Å². The summed E-state index contributed by atoms with van der Waals surface area (Å²) in [7, 11) is 0. The van der Waals surface area contributed by atoms with Crippen molar-refractivity contribution in [1.29, 1.82) is 0 Å². The van der Waals surface area contributed by atoms with Crippen molar-refractivity contribution in [2.24, 2.45) is 11.8 Å². The Hall–Kier alpha value is -1.58. The van der Waals surface area contributed by atoms with Gasteiger partial charge < -0.3 is 9.64 Å². The molecule has 0 aromatic heterocycles. The minimum atomic E-state index is -0.323. The Morgan fingerprint density at radius 3 is 2.76 bits per heavy atom. The molecule has 1 heterocycles. The van der Waals surface area contributed by atoms with Gasteiger partial charge in [-0.15, -0.1) is 0 Å². The lowest BCUT2D eigenvalue weighted by molar-refractivity contribution is -0.140. The van der Waals surface area contributed by atoms with Gasteiger partial charge in [0.2, 0.25) is 5.91 Å². The first-order valence-corrected chi connectivity index (χ1v) is 7.90. The smallest absolute Gasteiger partial charge is 0.225 e. The molecule has 1 saturated carbocycles. The highest BCUT2D eigenvalue weighted by molar-refractivity contribution is 5.79. The molecular weight excluding hydrogens is 269 g/mol. The molecule has 1 aliphatic heterocycles. The zero-order valence-electron chi connectivity index (χ0n) is 12.3. The van der Waals surface area contributed by atoms with Crippen LogP contribution in [0.5, 0.6) is 5.75 Å². The van der Waals surface area contributed by atoms with Crippen LogP contribution in [0.25, 0.3) is 0 Å². The van der Waals surface area contributed by atoms with E-state index in [0.717, 1.165) is 38.8 Å². The molecule has 1 aromatic rings. The van der Waals surface area contributed by atoms with E-state index in [9.17, 15) is 9.18 Å². The maximum Gasteiger partial charge on any atom is 0.225 e. The number of hydrogen-bond donors (Lipinski definition) is 0. The molecule has 2 fully saturated rings. The largest absolute Gasteiger partial charge is 0.490 e. The number of piperidine rings is 1. The second-order valence-corrected chi connectivity index (χ2v) is 6.16. The van der Waals surface area contributed by atoms with E-state index in [1.165, 1.54) is 12.5 Å². The third-order valence-corrected chi connectivity index (χ3v) is 4.60. The fourth-order valence-electron chi connectivity index (χ4n) is 3.08. The van der Waals surface area contributed by atoms with Crippen LogP contribution in [0.3, 0.4) is 0 Å². The highest BCUT2D eigenvalue weighted by Crippen LogP contribution is 2.30. The van der Waals surface area contributed by atoms with E-state index in [1.807, 2.05) is 4.90 Å². The molecule has 0 spiro atoms. The van der Waals surface area contributed by atoms with Crippen LogP contribution in [0.1, 0.15) is 32.1 Å². The first-order valence-electron chi connectivity index (χ1n) is 7.90. The number of para-hydroxylation sites is 1. The predicted octanol–water partition coefficient (Wildman–Crippen LogP) is 3.24. The lowest BCUT2D eigenvalue weighted by atomic mass is 9.83.